The maximum absolute atomic E-state index is 10.3. The molecule has 0 heterocycles. The molecule has 0 aliphatic carbocycles. The monoisotopic (exact) mass is 110 g/mol. The zero-order valence-electron chi connectivity index (χ0n) is 4.82. The first-order valence-electron chi connectivity index (χ1n) is 2.26. The van der Waals surface area contributed by atoms with Crippen molar-refractivity contribution in [2.75, 3.05) is 0 Å². The van der Waals surface area contributed by atoms with E-state index in [2.05, 4.69) is 24.2 Å². The van der Waals surface area contributed by atoms with Crippen LogP contribution >= 0.6 is 0 Å². The lowest BCUT2D eigenvalue weighted by atomic mass is 10.4. The van der Waals surface area contributed by atoms with Crippen molar-refractivity contribution in [3.05, 3.63) is 7.05 Å². The largest absolute Gasteiger partial charge is 0.354 e. The Kier molecular flexibility index (Phi) is 3.69. The first kappa shape index (κ1) is 7.03. The lowest BCUT2D eigenvalue weighted by Crippen LogP contribution is -2.13. The van der Waals surface area contributed by atoms with Crippen LogP contribution in [0.25, 0.3) is 0 Å². The van der Waals surface area contributed by atoms with Crippen LogP contribution in [0.5, 0.6) is 0 Å². The van der Waals surface area contributed by atoms with Crippen LogP contribution in [0.4, 0.5) is 0 Å². The molecule has 43 valence electrons. The van der Waals surface area contributed by atoms with Crippen molar-refractivity contribution in [2.45, 2.75) is 13.3 Å². The van der Waals surface area contributed by atoms with Gasteiger partial charge in [0.1, 0.15) is 0 Å². The number of hydrogen-bond donors (Lipinski definition) is 1. The molecule has 0 atom stereocenters. The lowest BCUT2D eigenvalue weighted by molar-refractivity contribution is -0.119. The second-order valence-electron chi connectivity index (χ2n) is 1.20. The summed E-state index contributed by atoms with van der Waals surface area (Å²) < 4.78 is 0. The summed E-state index contributed by atoms with van der Waals surface area (Å²) in [6, 6.07) is 0. The Bertz CT molecular complexity index is 129. The standard InChI is InChI=1S/C6H8NO/c1-3-4-5-6(8)7-2/h2,5H2,1H3,(H,7,8). The van der Waals surface area contributed by atoms with Crippen LogP contribution in [0, 0.1) is 18.9 Å². The van der Waals surface area contributed by atoms with E-state index in [0.29, 0.717) is 0 Å². The Hall–Kier alpha value is -0.970. The first-order chi connectivity index (χ1) is 3.81. The summed E-state index contributed by atoms with van der Waals surface area (Å²) in [6.07, 6.45) is 0.250. The summed E-state index contributed by atoms with van der Waals surface area (Å²) in [5, 5.41) is 2.21. The molecule has 0 aromatic heterocycles. The maximum Gasteiger partial charge on any atom is 0.232 e. The molecule has 2 heteroatoms. The van der Waals surface area contributed by atoms with Crippen molar-refractivity contribution in [1.82, 2.24) is 5.32 Å². The van der Waals surface area contributed by atoms with Crippen LogP contribution in [0.2, 0.25) is 0 Å². The smallest absolute Gasteiger partial charge is 0.232 e. The molecule has 0 saturated carbocycles. The molecule has 2 nitrogen and oxygen atoms in total. The first-order valence-corrected chi connectivity index (χ1v) is 2.26. The van der Waals surface area contributed by atoms with E-state index < -0.39 is 0 Å². The highest BCUT2D eigenvalue weighted by atomic mass is 16.1. The number of amides is 1. The highest BCUT2D eigenvalue weighted by Gasteiger charge is 1.88. The second kappa shape index (κ2) is 4.20. The zero-order chi connectivity index (χ0) is 6.41. The molecule has 0 aliphatic rings. The number of nitrogens with one attached hydrogen (secondary N) is 1. The summed E-state index contributed by atoms with van der Waals surface area (Å²) in [5.41, 5.74) is 0. The predicted molar refractivity (Wildman–Crippen MR) is 31.6 cm³/mol. The highest BCUT2D eigenvalue weighted by molar-refractivity contribution is 5.78. The van der Waals surface area contributed by atoms with Gasteiger partial charge in [-0.25, -0.2) is 0 Å². The molecule has 1 radical (unpaired) electrons. The van der Waals surface area contributed by atoms with Gasteiger partial charge in [-0.2, -0.15) is 0 Å². The fourth-order valence-electron chi connectivity index (χ4n) is 0.231. The van der Waals surface area contributed by atoms with Gasteiger partial charge in [-0.05, 0) is 6.92 Å². The lowest BCUT2D eigenvalue weighted by Gasteiger charge is -1.87. The molecular formula is C6H8NO. The predicted octanol–water partition coefficient (Wildman–Crippen LogP) is 0.308. The number of carbonyl (C=O) groups excluding carboxylic acids is 1. The average Bonchev–Trinajstić information content (AvgIpc) is 1.83. The van der Waals surface area contributed by atoms with Crippen molar-refractivity contribution < 1.29 is 4.79 Å². The SMILES string of the molecule is [CH2]NC(=O)CC#CC. The fourth-order valence-corrected chi connectivity index (χ4v) is 0.231. The van der Waals surface area contributed by atoms with Crippen molar-refractivity contribution in [2.24, 2.45) is 0 Å². The molecule has 1 N–H and O–H groups in total. The normalized spacial score (nSPS) is 6.75. The van der Waals surface area contributed by atoms with Gasteiger partial charge in [-0.15, -0.1) is 5.92 Å². The Morgan fingerprint density at radius 1 is 1.88 bits per heavy atom. The van der Waals surface area contributed by atoms with E-state index in [4.69, 9.17) is 0 Å². The minimum Gasteiger partial charge on any atom is -0.354 e. The minimum absolute atomic E-state index is 0.139. The van der Waals surface area contributed by atoms with Gasteiger partial charge in [-0.3, -0.25) is 4.79 Å². The minimum atomic E-state index is -0.139. The van der Waals surface area contributed by atoms with E-state index in [-0.39, 0.29) is 12.3 Å². The summed E-state index contributed by atoms with van der Waals surface area (Å²) in [7, 11) is 3.17. The topological polar surface area (TPSA) is 29.1 Å². The Morgan fingerprint density at radius 2 is 2.50 bits per heavy atom. The van der Waals surface area contributed by atoms with Gasteiger partial charge in [0.2, 0.25) is 5.91 Å². The van der Waals surface area contributed by atoms with Gasteiger partial charge in [0.05, 0.1) is 6.42 Å². The molecule has 1 amide bonds. The van der Waals surface area contributed by atoms with Crippen molar-refractivity contribution in [1.29, 1.82) is 0 Å². The summed E-state index contributed by atoms with van der Waals surface area (Å²) in [4.78, 5) is 10.3. The molecule has 0 rings (SSSR count). The van der Waals surface area contributed by atoms with Crippen LogP contribution in [-0.4, -0.2) is 5.91 Å². The van der Waals surface area contributed by atoms with E-state index in [0.717, 1.165) is 0 Å². The molecule has 0 aliphatic heterocycles. The van der Waals surface area contributed by atoms with E-state index in [1.807, 2.05) is 0 Å². The molecule has 0 unspecified atom stereocenters. The summed E-state index contributed by atoms with van der Waals surface area (Å²) in [6.45, 7) is 1.69. The van der Waals surface area contributed by atoms with Gasteiger partial charge >= 0.3 is 0 Å². The van der Waals surface area contributed by atoms with E-state index >= 15 is 0 Å². The van der Waals surface area contributed by atoms with Gasteiger partial charge in [0.15, 0.2) is 0 Å². The van der Waals surface area contributed by atoms with Gasteiger partial charge in [0, 0.05) is 7.05 Å². The van der Waals surface area contributed by atoms with Crippen LogP contribution in [0.3, 0.4) is 0 Å². The Balaban J connectivity index is 3.35. The highest BCUT2D eigenvalue weighted by Crippen LogP contribution is 1.72. The van der Waals surface area contributed by atoms with Crippen molar-refractivity contribution in [3.8, 4) is 11.8 Å². The van der Waals surface area contributed by atoms with E-state index in [9.17, 15) is 4.79 Å². The second-order valence-corrected chi connectivity index (χ2v) is 1.20. The third-order valence-corrected chi connectivity index (χ3v) is 0.623. The van der Waals surface area contributed by atoms with Crippen LogP contribution in [0.15, 0.2) is 0 Å². The molecule has 0 fully saturated rings. The van der Waals surface area contributed by atoms with E-state index in [1.165, 1.54) is 0 Å². The molecule has 0 spiro atoms. The van der Waals surface area contributed by atoms with Gasteiger partial charge in [-0.1, -0.05) is 5.92 Å². The summed E-state index contributed by atoms with van der Waals surface area (Å²) >= 11 is 0. The molecule has 0 aromatic carbocycles. The molecule has 0 saturated heterocycles. The molecule has 8 heavy (non-hydrogen) atoms. The Morgan fingerprint density at radius 3 is 2.88 bits per heavy atom. The third kappa shape index (κ3) is 3.23. The van der Waals surface area contributed by atoms with Crippen LogP contribution in [-0.2, 0) is 4.79 Å². The molecular weight excluding hydrogens is 102 g/mol. The van der Waals surface area contributed by atoms with Gasteiger partial charge in [0.25, 0.3) is 0 Å². The third-order valence-electron chi connectivity index (χ3n) is 0.623. The maximum atomic E-state index is 10.3. The molecule has 0 bridgehead atoms. The fraction of sp³-hybridized carbons (Fsp3) is 0.333. The average molecular weight is 110 g/mol. The van der Waals surface area contributed by atoms with Gasteiger partial charge < -0.3 is 5.32 Å². The Labute approximate surface area is 49.3 Å². The number of carbonyl (C=O) groups is 1. The van der Waals surface area contributed by atoms with Crippen LogP contribution < -0.4 is 5.32 Å². The van der Waals surface area contributed by atoms with Crippen molar-refractivity contribution in [3.63, 3.8) is 0 Å². The molecule has 0 aromatic rings. The summed E-state index contributed by atoms with van der Waals surface area (Å²) in [5.74, 6) is 5.05. The van der Waals surface area contributed by atoms with Crippen molar-refractivity contribution >= 4 is 5.91 Å². The zero-order valence-corrected chi connectivity index (χ0v) is 4.82. The van der Waals surface area contributed by atoms with Crippen LogP contribution in [0.1, 0.15) is 13.3 Å². The number of hydrogen-bond acceptors (Lipinski definition) is 1. The number of rotatable bonds is 1. The quantitative estimate of drug-likeness (QED) is 0.483. The van der Waals surface area contributed by atoms with E-state index in [1.54, 1.807) is 6.92 Å².